The van der Waals surface area contributed by atoms with Crippen LogP contribution in [0.3, 0.4) is 0 Å². The summed E-state index contributed by atoms with van der Waals surface area (Å²) in [4.78, 5) is 12.0. The van der Waals surface area contributed by atoms with Gasteiger partial charge in [-0.15, -0.1) is 0 Å². The number of hydrogen-bond donors (Lipinski definition) is 2. The van der Waals surface area contributed by atoms with Gasteiger partial charge in [-0.05, 0) is 25.8 Å². The largest absolute Gasteiger partial charge is 0.445 e. The van der Waals surface area contributed by atoms with E-state index < -0.39 is 11.9 Å². The molecule has 3 rings (SSSR count). The molecule has 0 radical (unpaired) electrons. The highest BCUT2D eigenvalue weighted by atomic mass is 16.8. The summed E-state index contributed by atoms with van der Waals surface area (Å²) in [6, 6.07) is 9.29. The fourth-order valence-electron chi connectivity index (χ4n) is 3.32. The molecule has 2 N–H and O–H groups in total. The first kappa shape index (κ1) is 16.2. The molecule has 2 aliphatic rings. The number of fused-ring (bicyclic) bond motifs is 1. The fourth-order valence-corrected chi connectivity index (χ4v) is 3.32. The van der Waals surface area contributed by atoms with Gasteiger partial charge in [0, 0.05) is 12.5 Å². The van der Waals surface area contributed by atoms with E-state index in [4.69, 9.17) is 14.2 Å². The molecule has 1 amide bonds. The Morgan fingerprint density at radius 1 is 1.30 bits per heavy atom. The molecular weight excluding hydrogens is 298 g/mol. The van der Waals surface area contributed by atoms with E-state index in [1.54, 1.807) is 0 Å². The van der Waals surface area contributed by atoms with Crippen molar-refractivity contribution < 1.29 is 24.1 Å². The van der Waals surface area contributed by atoms with Crippen LogP contribution in [0, 0.1) is 5.92 Å². The van der Waals surface area contributed by atoms with Gasteiger partial charge in [-0.1, -0.05) is 30.3 Å². The zero-order valence-electron chi connectivity index (χ0n) is 13.4. The summed E-state index contributed by atoms with van der Waals surface area (Å²) >= 11 is 0. The summed E-state index contributed by atoms with van der Waals surface area (Å²) in [5.41, 5.74) is 0.932. The molecule has 0 unspecified atom stereocenters. The van der Waals surface area contributed by atoms with Gasteiger partial charge in [0.1, 0.15) is 12.7 Å². The van der Waals surface area contributed by atoms with Gasteiger partial charge in [0.15, 0.2) is 5.79 Å². The van der Waals surface area contributed by atoms with Crippen molar-refractivity contribution in [1.82, 2.24) is 5.32 Å². The van der Waals surface area contributed by atoms with Crippen molar-refractivity contribution in [2.24, 2.45) is 5.92 Å². The minimum absolute atomic E-state index is 0.0118. The summed E-state index contributed by atoms with van der Waals surface area (Å²) in [5, 5.41) is 12.4. The van der Waals surface area contributed by atoms with Crippen molar-refractivity contribution in [3.63, 3.8) is 0 Å². The van der Waals surface area contributed by atoms with Crippen LogP contribution in [0.15, 0.2) is 30.3 Å². The van der Waals surface area contributed by atoms with Crippen LogP contribution < -0.4 is 5.32 Å². The molecule has 0 bridgehead atoms. The number of benzene rings is 1. The van der Waals surface area contributed by atoms with Gasteiger partial charge in [-0.3, -0.25) is 0 Å². The number of alkyl carbamates (subject to hydrolysis) is 1. The van der Waals surface area contributed by atoms with Gasteiger partial charge in [-0.2, -0.15) is 0 Å². The van der Waals surface area contributed by atoms with Crippen molar-refractivity contribution in [2.45, 2.75) is 50.9 Å². The maximum Gasteiger partial charge on any atom is 0.407 e. The van der Waals surface area contributed by atoms with E-state index in [0.717, 1.165) is 5.56 Å². The number of aliphatic hydroxyl groups excluding tert-OH is 1. The highest BCUT2D eigenvalue weighted by molar-refractivity contribution is 5.67. The summed E-state index contributed by atoms with van der Waals surface area (Å²) in [6.45, 7) is 3.91. The second-order valence-electron chi connectivity index (χ2n) is 6.56. The summed E-state index contributed by atoms with van der Waals surface area (Å²) in [6.07, 6.45) is -0.326. The second kappa shape index (κ2) is 6.47. The first-order valence-corrected chi connectivity index (χ1v) is 7.92. The van der Waals surface area contributed by atoms with Crippen molar-refractivity contribution in [3.8, 4) is 0 Å². The minimum Gasteiger partial charge on any atom is -0.445 e. The normalized spacial score (nSPS) is 31.6. The lowest BCUT2D eigenvalue weighted by Gasteiger charge is -2.23. The maximum atomic E-state index is 12.0. The average molecular weight is 321 g/mol. The molecule has 6 heteroatoms. The van der Waals surface area contributed by atoms with Crippen LogP contribution >= 0.6 is 0 Å². The van der Waals surface area contributed by atoms with Crippen molar-refractivity contribution in [3.05, 3.63) is 35.9 Å². The highest BCUT2D eigenvalue weighted by Gasteiger charge is 2.54. The molecule has 1 heterocycles. The van der Waals surface area contributed by atoms with E-state index >= 15 is 0 Å². The lowest BCUT2D eigenvalue weighted by atomic mass is 10.1. The molecule has 4 atom stereocenters. The molecule has 0 spiro atoms. The van der Waals surface area contributed by atoms with Crippen LogP contribution in [-0.2, 0) is 20.8 Å². The van der Waals surface area contributed by atoms with Gasteiger partial charge < -0.3 is 24.6 Å². The number of carbonyl (C=O) groups excluding carboxylic acids is 1. The summed E-state index contributed by atoms with van der Waals surface area (Å²) in [7, 11) is 0. The fraction of sp³-hybridized carbons (Fsp3) is 0.588. The zero-order valence-corrected chi connectivity index (χ0v) is 13.4. The van der Waals surface area contributed by atoms with Crippen LogP contribution in [0.4, 0.5) is 4.79 Å². The first-order chi connectivity index (χ1) is 11.0. The zero-order chi connectivity index (χ0) is 16.4. The number of carbonyl (C=O) groups is 1. The molecule has 126 valence electrons. The van der Waals surface area contributed by atoms with E-state index in [1.807, 2.05) is 44.2 Å². The van der Waals surface area contributed by atoms with E-state index in [-0.39, 0.29) is 37.4 Å². The predicted octanol–water partition coefficient (Wildman–Crippen LogP) is 1.81. The highest BCUT2D eigenvalue weighted by Crippen LogP contribution is 2.41. The number of rotatable bonds is 4. The third-order valence-corrected chi connectivity index (χ3v) is 4.33. The van der Waals surface area contributed by atoms with E-state index in [1.165, 1.54) is 0 Å². The quantitative estimate of drug-likeness (QED) is 0.884. The third kappa shape index (κ3) is 3.65. The smallest absolute Gasteiger partial charge is 0.407 e. The van der Waals surface area contributed by atoms with Crippen LogP contribution in [-0.4, -0.2) is 41.8 Å². The Morgan fingerprint density at radius 3 is 2.70 bits per heavy atom. The monoisotopic (exact) mass is 321 g/mol. The molecule has 23 heavy (non-hydrogen) atoms. The van der Waals surface area contributed by atoms with E-state index in [9.17, 15) is 9.90 Å². The molecule has 1 aliphatic carbocycles. The van der Waals surface area contributed by atoms with E-state index in [2.05, 4.69) is 5.32 Å². The van der Waals surface area contributed by atoms with E-state index in [0.29, 0.717) is 6.42 Å². The SMILES string of the molecule is CC1(C)O[C@@H]2[C@@H](CO)C[C@@H](NC(=O)OCc3ccccc3)[C@@H]2O1. The summed E-state index contributed by atoms with van der Waals surface area (Å²) < 4.78 is 17.0. The van der Waals surface area contributed by atoms with Gasteiger partial charge >= 0.3 is 6.09 Å². The number of hydrogen-bond acceptors (Lipinski definition) is 5. The molecule has 2 fully saturated rings. The molecular formula is C17H23NO5. The number of ether oxygens (including phenoxy) is 3. The predicted molar refractivity (Wildman–Crippen MR) is 82.6 cm³/mol. The van der Waals surface area contributed by atoms with Gasteiger partial charge in [0.25, 0.3) is 0 Å². The molecule has 1 aliphatic heterocycles. The summed E-state index contributed by atoms with van der Waals surface area (Å²) in [5.74, 6) is -0.738. The van der Waals surface area contributed by atoms with Crippen LogP contribution in [0.2, 0.25) is 0 Å². The first-order valence-electron chi connectivity index (χ1n) is 7.92. The Balaban J connectivity index is 1.56. The molecule has 6 nitrogen and oxygen atoms in total. The molecule has 1 aromatic rings. The molecule has 0 aromatic heterocycles. The third-order valence-electron chi connectivity index (χ3n) is 4.33. The minimum atomic E-state index is -0.697. The standard InChI is InChI=1S/C17H23NO5/c1-17(2)22-14-12(9-19)8-13(15(14)23-17)18-16(20)21-10-11-6-4-3-5-7-11/h3-7,12-15,19H,8-10H2,1-2H3,(H,18,20)/t12-,13-,14-,15+/m1/s1. The van der Waals surface area contributed by atoms with Gasteiger partial charge in [-0.25, -0.2) is 4.79 Å². The van der Waals surface area contributed by atoms with Crippen molar-refractivity contribution in [1.29, 1.82) is 0 Å². The Kier molecular flexibility index (Phi) is 4.57. The maximum absolute atomic E-state index is 12.0. The van der Waals surface area contributed by atoms with Crippen molar-refractivity contribution in [2.75, 3.05) is 6.61 Å². The Hall–Kier alpha value is -1.63. The lowest BCUT2D eigenvalue weighted by Crippen LogP contribution is -2.43. The second-order valence-corrected chi connectivity index (χ2v) is 6.56. The van der Waals surface area contributed by atoms with Crippen LogP contribution in [0.1, 0.15) is 25.8 Å². The Labute approximate surface area is 135 Å². The lowest BCUT2D eigenvalue weighted by molar-refractivity contribution is -0.160. The Morgan fingerprint density at radius 2 is 2.00 bits per heavy atom. The number of amides is 1. The van der Waals surface area contributed by atoms with Crippen molar-refractivity contribution >= 4 is 6.09 Å². The Bertz CT molecular complexity index is 547. The van der Waals surface area contributed by atoms with Gasteiger partial charge in [0.2, 0.25) is 0 Å². The average Bonchev–Trinajstić information content (AvgIpc) is 3.00. The topological polar surface area (TPSA) is 77.0 Å². The van der Waals surface area contributed by atoms with Crippen LogP contribution in [0.5, 0.6) is 0 Å². The number of aliphatic hydroxyl groups is 1. The number of nitrogens with one attached hydrogen (secondary N) is 1. The van der Waals surface area contributed by atoms with Gasteiger partial charge in [0.05, 0.1) is 12.1 Å². The van der Waals surface area contributed by atoms with Crippen LogP contribution in [0.25, 0.3) is 0 Å². The molecule has 1 saturated carbocycles. The molecule has 1 saturated heterocycles. The molecule has 1 aromatic carbocycles.